The average Bonchev–Trinajstić information content (AvgIpc) is 2.86. The Labute approximate surface area is 152 Å². The maximum absolute atomic E-state index is 12.6. The lowest BCUT2D eigenvalue weighted by molar-refractivity contribution is -0.116. The van der Waals surface area contributed by atoms with Gasteiger partial charge in [-0.3, -0.25) is 19.3 Å². The van der Waals surface area contributed by atoms with Gasteiger partial charge in [0.15, 0.2) is 0 Å². The van der Waals surface area contributed by atoms with Gasteiger partial charge < -0.3 is 5.32 Å². The molecule has 0 aromatic heterocycles. The van der Waals surface area contributed by atoms with E-state index in [-0.39, 0.29) is 23.5 Å². The average molecular weight is 376 g/mol. The fourth-order valence-electron chi connectivity index (χ4n) is 2.64. The van der Waals surface area contributed by atoms with E-state index in [1.54, 1.807) is 36.4 Å². The van der Waals surface area contributed by atoms with Crippen molar-refractivity contribution < 1.29 is 23.2 Å². The number of hydrogen-bond acceptors (Lipinski definition) is 4. The molecule has 8 heteroatoms. The van der Waals surface area contributed by atoms with Crippen molar-refractivity contribution in [3.63, 3.8) is 0 Å². The van der Waals surface area contributed by atoms with E-state index in [1.165, 1.54) is 12.1 Å². The summed E-state index contributed by atoms with van der Waals surface area (Å²) in [6, 6.07) is 12.7. The summed E-state index contributed by atoms with van der Waals surface area (Å²) in [5, 5.41) is 2.55. The third-order valence-electron chi connectivity index (χ3n) is 3.82. The molecule has 0 radical (unpaired) electrons. The van der Waals surface area contributed by atoms with Crippen LogP contribution in [0.1, 0.15) is 27.1 Å². The van der Waals surface area contributed by atoms with Gasteiger partial charge in [-0.15, -0.1) is 0 Å². The zero-order valence-corrected chi connectivity index (χ0v) is 14.3. The number of rotatable bonds is 6. The Kier molecular flexibility index (Phi) is 5.32. The van der Waals surface area contributed by atoms with Crippen molar-refractivity contribution in [2.75, 3.05) is 11.9 Å². The van der Waals surface area contributed by atoms with Gasteiger partial charge in [-0.05, 0) is 24.3 Å². The van der Waals surface area contributed by atoms with Gasteiger partial charge in [0.1, 0.15) is 0 Å². The molecular formula is C18H14F2N2O3S. The van der Waals surface area contributed by atoms with Gasteiger partial charge in [-0.25, -0.2) is 0 Å². The quantitative estimate of drug-likeness (QED) is 0.618. The second-order valence-corrected chi connectivity index (χ2v) is 6.51. The van der Waals surface area contributed by atoms with Crippen LogP contribution in [0.25, 0.3) is 0 Å². The number of amides is 3. The molecule has 2 aromatic carbocycles. The van der Waals surface area contributed by atoms with Gasteiger partial charge in [-0.2, -0.15) is 8.78 Å². The minimum absolute atomic E-state index is 0.0810. The Morgan fingerprint density at radius 1 is 1.00 bits per heavy atom. The number of para-hydroxylation sites is 1. The Morgan fingerprint density at radius 3 is 2.19 bits per heavy atom. The smallest absolute Gasteiger partial charge is 0.288 e. The molecule has 5 nitrogen and oxygen atoms in total. The van der Waals surface area contributed by atoms with Crippen LogP contribution in [0.3, 0.4) is 0 Å². The van der Waals surface area contributed by atoms with E-state index >= 15 is 0 Å². The maximum atomic E-state index is 12.6. The number of fused-ring (bicyclic) bond motifs is 1. The lowest BCUT2D eigenvalue weighted by atomic mass is 10.1. The summed E-state index contributed by atoms with van der Waals surface area (Å²) < 4.78 is 25.2. The predicted octanol–water partition coefficient (Wildman–Crippen LogP) is 3.63. The lowest BCUT2D eigenvalue weighted by Crippen LogP contribution is -2.32. The second kappa shape index (κ2) is 7.65. The first-order valence-corrected chi connectivity index (χ1v) is 8.64. The van der Waals surface area contributed by atoms with Crippen LogP contribution in [0.15, 0.2) is 53.4 Å². The van der Waals surface area contributed by atoms with E-state index in [2.05, 4.69) is 5.32 Å². The molecule has 2 aromatic rings. The topological polar surface area (TPSA) is 66.5 Å². The Hall–Kier alpha value is -2.74. The SMILES string of the molecule is O=C(CCN1C(=O)c2ccccc2C1=O)Nc1ccccc1SC(F)F. The molecule has 1 N–H and O–H groups in total. The molecule has 0 spiro atoms. The number of benzene rings is 2. The number of imide groups is 1. The van der Waals surface area contributed by atoms with Crippen LogP contribution >= 0.6 is 11.8 Å². The first kappa shape index (κ1) is 18.1. The van der Waals surface area contributed by atoms with Gasteiger partial charge in [-0.1, -0.05) is 36.0 Å². The molecule has 0 atom stereocenters. The fourth-order valence-corrected chi connectivity index (χ4v) is 3.23. The van der Waals surface area contributed by atoms with Crippen LogP contribution in [-0.2, 0) is 4.79 Å². The van der Waals surface area contributed by atoms with E-state index in [1.807, 2.05) is 0 Å². The van der Waals surface area contributed by atoms with Crippen molar-refractivity contribution in [1.29, 1.82) is 0 Å². The molecule has 0 aliphatic carbocycles. The summed E-state index contributed by atoms with van der Waals surface area (Å²) in [5.41, 5.74) is 0.901. The third kappa shape index (κ3) is 3.75. The highest BCUT2D eigenvalue weighted by molar-refractivity contribution is 7.99. The fraction of sp³-hybridized carbons (Fsp3) is 0.167. The molecule has 26 heavy (non-hydrogen) atoms. The van der Waals surface area contributed by atoms with Crippen molar-refractivity contribution in [2.24, 2.45) is 0 Å². The number of nitrogens with one attached hydrogen (secondary N) is 1. The minimum Gasteiger partial charge on any atom is -0.325 e. The molecule has 1 aliphatic rings. The highest BCUT2D eigenvalue weighted by atomic mass is 32.2. The van der Waals surface area contributed by atoms with E-state index < -0.39 is 23.5 Å². The zero-order chi connectivity index (χ0) is 18.7. The van der Waals surface area contributed by atoms with Crippen molar-refractivity contribution in [3.8, 4) is 0 Å². The van der Waals surface area contributed by atoms with E-state index in [4.69, 9.17) is 0 Å². The monoisotopic (exact) mass is 376 g/mol. The largest absolute Gasteiger partial charge is 0.325 e. The van der Waals surface area contributed by atoms with Crippen LogP contribution in [0, 0.1) is 0 Å². The van der Waals surface area contributed by atoms with Crippen LogP contribution in [-0.4, -0.2) is 34.9 Å². The summed E-state index contributed by atoms with van der Waals surface area (Å²) in [5.74, 6) is -3.95. The molecule has 134 valence electrons. The molecule has 0 bridgehead atoms. The summed E-state index contributed by atoms with van der Waals surface area (Å²) >= 11 is 0.336. The Morgan fingerprint density at radius 2 is 1.58 bits per heavy atom. The Balaban J connectivity index is 1.62. The molecule has 0 saturated carbocycles. The molecule has 0 unspecified atom stereocenters. The standard InChI is InChI=1S/C18H14F2N2O3S/c19-18(20)26-14-8-4-3-7-13(14)21-15(23)9-10-22-16(24)11-5-1-2-6-12(11)17(22)25/h1-8,18H,9-10H2,(H,21,23). The van der Waals surface area contributed by atoms with Gasteiger partial charge in [0, 0.05) is 17.9 Å². The number of carbonyl (C=O) groups excluding carboxylic acids is 3. The van der Waals surface area contributed by atoms with Crippen LogP contribution in [0.4, 0.5) is 14.5 Å². The number of thioether (sulfide) groups is 1. The molecular weight excluding hydrogens is 362 g/mol. The highest BCUT2D eigenvalue weighted by Crippen LogP contribution is 2.31. The summed E-state index contributed by atoms with van der Waals surface area (Å²) in [6.07, 6.45) is -0.126. The third-order valence-corrected chi connectivity index (χ3v) is 4.61. The first-order chi connectivity index (χ1) is 12.5. The molecule has 0 fully saturated rings. The van der Waals surface area contributed by atoms with Gasteiger partial charge in [0.25, 0.3) is 17.6 Å². The normalized spacial score (nSPS) is 13.3. The number of anilines is 1. The first-order valence-electron chi connectivity index (χ1n) is 7.76. The predicted molar refractivity (Wildman–Crippen MR) is 93.4 cm³/mol. The van der Waals surface area contributed by atoms with Crippen molar-refractivity contribution in [1.82, 2.24) is 4.90 Å². The number of halogens is 2. The number of alkyl halides is 2. The summed E-state index contributed by atoms with van der Waals surface area (Å²) in [7, 11) is 0. The second-order valence-electron chi connectivity index (χ2n) is 5.48. The van der Waals surface area contributed by atoms with Crippen LogP contribution < -0.4 is 5.32 Å². The van der Waals surface area contributed by atoms with Crippen LogP contribution in [0.5, 0.6) is 0 Å². The van der Waals surface area contributed by atoms with Crippen molar-refractivity contribution in [3.05, 3.63) is 59.7 Å². The van der Waals surface area contributed by atoms with Gasteiger partial charge >= 0.3 is 0 Å². The lowest BCUT2D eigenvalue weighted by Gasteiger charge is -2.14. The van der Waals surface area contributed by atoms with Crippen molar-refractivity contribution >= 4 is 35.2 Å². The van der Waals surface area contributed by atoms with E-state index in [0.717, 1.165) is 4.90 Å². The molecule has 3 rings (SSSR count). The summed E-state index contributed by atoms with van der Waals surface area (Å²) in [4.78, 5) is 37.9. The van der Waals surface area contributed by atoms with Gasteiger partial charge in [0.2, 0.25) is 5.91 Å². The van der Waals surface area contributed by atoms with E-state index in [9.17, 15) is 23.2 Å². The minimum atomic E-state index is -2.61. The maximum Gasteiger partial charge on any atom is 0.288 e. The molecule has 1 aliphatic heterocycles. The number of carbonyl (C=O) groups is 3. The summed E-state index contributed by atoms with van der Waals surface area (Å²) in [6.45, 7) is -0.0810. The number of nitrogens with zero attached hydrogens (tertiary/aromatic N) is 1. The van der Waals surface area contributed by atoms with Crippen LogP contribution in [0.2, 0.25) is 0 Å². The number of hydrogen-bond donors (Lipinski definition) is 1. The van der Waals surface area contributed by atoms with Crippen molar-refractivity contribution in [2.45, 2.75) is 17.1 Å². The molecule has 3 amide bonds. The molecule has 1 heterocycles. The van der Waals surface area contributed by atoms with E-state index in [0.29, 0.717) is 22.9 Å². The highest BCUT2D eigenvalue weighted by Gasteiger charge is 2.34. The Bertz CT molecular complexity index is 838. The molecule has 0 saturated heterocycles. The zero-order valence-electron chi connectivity index (χ0n) is 13.4. The van der Waals surface area contributed by atoms with Gasteiger partial charge in [0.05, 0.1) is 16.8 Å².